The molecule has 0 saturated carbocycles. The van der Waals surface area contributed by atoms with Gasteiger partial charge in [0, 0.05) is 12.1 Å². The predicted octanol–water partition coefficient (Wildman–Crippen LogP) is 2.81. The van der Waals surface area contributed by atoms with Crippen molar-refractivity contribution in [2.75, 3.05) is 19.6 Å². The number of nitrogens with one attached hydrogen (secondary N) is 1. The van der Waals surface area contributed by atoms with E-state index in [1.54, 1.807) is 12.1 Å². The molecule has 2 rings (SSSR count). The van der Waals surface area contributed by atoms with Crippen LogP contribution in [-0.2, 0) is 19.4 Å². The fourth-order valence-electron chi connectivity index (χ4n) is 3.22. The lowest BCUT2D eigenvalue weighted by Crippen LogP contribution is -2.22. The van der Waals surface area contributed by atoms with Gasteiger partial charge in [0.2, 0.25) is 0 Å². The summed E-state index contributed by atoms with van der Waals surface area (Å²) in [6, 6.07) is 13.7. The van der Waals surface area contributed by atoms with Crippen LogP contribution in [0.3, 0.4) is 0 Å². The van der Waals surface area contributed by atoms with Gasteiger partial charge < -0.3 is 26.4 Å². The van der Waals surface area contributed by atoms with Gasteiger partial charge in [0.1, 0.15) is 5.75 Å². The van der Waals surface area contributed by atoms with Crippen molar-refractivity contribution in [3.63, 3.8) is 0 Å². The number of aliphatic hydroxyl groups excluding tert-OH is 2. The molecule has 6 N–H and O–H groups in total. The Balaban J connectivity index is 1.61. The molecular weight excluding hydrogens is 352 g/mol. The van der Waals surface area contributed by atoms with Crippen molar-refractivity contribution in [3.05, 3.63) is 64.7 Å². The molecule has 154 valence electrons. The lowest BCUT2D eigenvalue weighted by molar-refractivity contribution is 0.174. The summed E-state index contributed by atoms with van der Waals surface area (Å²) >= 11 is 0. The molecule has 1 atom stereocenters. The first-order valence-electron chi connectivity index (χ1n) is 10.2. The molecule has 0 amide bonds. The number of hydrogen-bond acceptors (Lipinski definition) is 5. The summed E-state index contributed by atoms with van der Waals surface area (Å²) < 4.78 is 0. The molecule has 0 spiro atoms. The molecule has 28 heavy (non-hydrogen) atoms. The van der Waals surface area contributed by atoms with Crippen molar-refractivity contribution < 1.29 is 15.3 Å². The summed E-state index contributed by atoms with van der Waals surface area (Å²) in [4.78, 5) is 0. The van der Waals surface area contributed by atoms with Crippen molar-refractivity contribution in [1.29, 1.82) is 0 Å². The normalized spacial score (nSPS) is 12.2. The SMILES string of the molecule is NCCCCc1ccc(CCCCNC[C@H](O)c2ccc(O)c(CO)c2)cc1. The van der Waals surface area contributed by atoms with Gasteiger partial charge in [0.05, 0.1) is 12.7 Å². The molecule has 0 aliphatic heterocycles. The zero-order chi connectivity index (χ0) is 20.2. The van der Waals surface area contributed by atoms with Crippen LogP contribution < -0.4 is 11.1 Å². The summed E-state index contributed by atoms with van der Waals surface area (Å²) in [5, 5.41) is 32.3. The Morgan fingerprint density at radius 1 is 0.893 bits per heavy atom. The fourth-order valence-corrected chi connectivity index (χ4v) is 3.22. The average Bonchev–Trinajstić information content (AvgIpc) is 2.72. The maximum absolute atomic E-state index is 10.2. The molecule has 5 heteroatoms. The monoisotopic (exact) mass is 386 g/mol. The molecule has 0 unspecified atom stereocenters. The van der Waals surface area contributed by atoms with Crippen molar-refractivity contribution >= 4 is 0 Å². The first-order chi connectivity index (χ1) is 13.6. The summed E-state index contributed by atoms with van der Waals surface area (Å²) in [5.74, 6) is 0.0509. The van der Waals surface area contributed by atoms with Crippen LogP contribution in [0.5, 0.6) is 5.75 Å². The van der Waals surface area contributed by atoms with Gasteiger partial charge in [-0.05, 0) is 80.4 Å². The molecule has 0 saturated heterocycles. The van der Waals surface area contributed by atoms with E-state index in [4.69, 9.17) is 5.73 Å². The van der Waals surface area contributed by atoms with Gasteiger partial charge >= 0.3 is 0 Å². The second kappa shape index (κ2) is 12.5. The molecule has 0 aliphatic carbocycles. The van der Waals surface area contributed by atoms with Gasteiger partial charge in [0.15, 0.2) is 0 Å². The van der Waals surface area contributed by atoms with Crippen molar-refractivity contribution in [1.82, 2.24) is 5.32 Å². The molecule has 0 radical (unpaired) electrons. The maximum Gasteiger partial charge on any atom is 0.121 e. The number of aryl methyl sites for hydroxylation is 2. The van der Waals surface area contributed by atoms with E-state index in [9.17, 15) is 15.3 Å². The number of aliphatic hydroxyl groups is 2. The highest BCUT2D eigenvalue weighted by atomic mass is 16.3. The minimum Gasteiger partial charge on any atom is -0.508 e. The van der Waals surface area contributed by atoms with Crippen LogP contribution in [0.15, 0.2) is 42.5 Å². The topological polar surface area (TPSA) is 98.7 Å². The first kappa shape index (κ1) is 22.4. The smallest absolute Gasteiger partial charge is 0.121 e. The van der Waals surface area contributed by atoms with Crippen LogP contribution >= 0.6 is 0 Å². The zero-order valence-electron chi connectivity index (χ0n) is 16.6. The highest BCUT2D eigenvalue weighted by molar-refractivity contribution is 5.36. The van der Waals surface area contributed by atoms with Gasteiger partial charge in [-0.3, -0.25) is 0 Å². The number of hydrogen-bond donors (Lipinski definition) is 5. The zero-order valence-corrected chi connectivity index (χ0v) is 16.6. The highest BCUT2D eigenvalue weighted by Crippen LogP contribution is 2.22. The number of unbranched alkanes of at least 4 members (excludes halogenated alkanes) is 2. The minimum absolute atomic E-state index is 0.0509. The average molecular weight is 387 g/mol. The van der Waals surface area contributed by atoms with Crippen LogP contribution in [0.25, 0.3) is 0 Å². The lowest BCUT2D eigenvalue weighted by atomic mass is 10.0. The first-order valence-corrected chi connectivity index (χ1v) is 10.2. The summed E-state index contributed by atoms with van der Waals surface area (Å²) in [6.07, 6.45) is 5.89. The molecule has 2 aromatic carbocycles. The molecule has 2 aromatic rings. The van der Waals surface area contributed by atoms with Crippen LogP contribution in [-0.4, -0.2) is 35.0 Å². The third-order valence-electron chi connectivity index (χ3n) is 5.01. The largest absolute Gasteiger partial charge is 0.508 e. The number of phenols is 1. The Morgan fingerprint density at radius 2 is 1.54 bits per heavy atom. The van der Waals surface area contributed by atoms with E-state index in [1.165, 1.54) is 17.2 Å². The third kappa shape index (κ3) is 7.60. The molecule has 0 aliphatic rings. The lowest BCUT2D eigenvalue weighted by Gasteiger charge is -2.14. The Bertz CT molecular complexity index is 689. The standard InChI is InChI=1S/C23H34N2O3/c24-13-3-1-5-18-7-9-19(10-8-18)6-2-4-14-25-16-23(28)20-11-12-22(27)21(15-20)17-26/h7-12,15,23,25-28H,1-6,13-14,16-17,24H2/t23-/m0/s1. The number of rotatable bonds is 13. The van der Waals surface area contributed by atoms with Gasteiger partial charge in [-0.25, -0.2) is 0 Å². The molecule has 0 aromatic heterocycles. The van der Waals surface area contributed by atoms with E-state index in [1.807, 2.05) is 0 Å². The van der Waals surface area contributed by atoms with E-state index < -0.39 is 6.10 Å². The summed E-state index contributed by atoms with van der Waals surface area (Å²) in [5.41, 5.74) is 9.41. The Kier molecular flexibility index (Phi) is 10.0. The second-order valence-corrected chi connectivity index (χ2v) is 7.29. The van der Waals surface area contributed by atoms with E-state index in [-0.39, 0.29) is 12.4 Å². The Morgan fingerprint density at radius 3 is 2.14 bits per heavy atom. The van der Waals surface area contributed by atoms with Crippen LogP contribution in [0.1, 0.15) is 54.0 Å². The van der Waals surface area contributed by atoms with Crippen molar-refractivity contribution in [3.8, 4) is 5.75 Å². The molecule has 0 bridgehead atoms. The van der Waals surface area contributed by atoms with Gasteiger partial charge in [-0.2, -0.15) is 0 Å². The van der Waals surface area contributed by atoms with Gasteiger partial charge in [0.25, 0.3) is 0 Å². The third-order valence-corrected chi connectivity index (χ3v) is 5.01. The molecule has 0 fully saturated rings. The van der Waals surface area contributed by atoms with E-state index >= 15 is 0 Å². The van der Waals surface area contributed by atoms with Gasteiger partial charge in [-0.1, -0.05) is 30.3 Å². The molecule has 0 heterocycles. The Hall–Kier alpha value is -1.92. The minimum atomic E-state index is -0.655. The summed E-state index contributed by atoms with van der Waals surface area (Å²) in [6.45, 7) is 1.82. The van der Waals surface area contributed by atoms with Crippen LogP contribution in [0.2, 0.25) is 0 Å². The quantitative estimate of drug-likeness (QED) is 0.341. The summed E-state index contributed by atoms with van der Waals surface area (Å²) in [7, 11) is 0. The van der Waals surface area contributed by atoms with E-state index in [2.05, 4.69) is 29.6 Å². The molecule has 5 nitrogen and oxygen atoms in total. The number of nitrogens with two attached hydrogens (primary N) is 1. The maximum atomic E-state index is 10.2. The Labute approximate surface area is 168 Å². The van der Waals surface area contributed by atoms with E-state index in [0.29, 0.717) is 17.7 Å². The van der Waals surface area contributed by atoms with Crippen LogP contribution in [0.4, 0.5) is 0 Å². The highest BCUT2D eigenvalue weighted by Gasteiger charge is 2.09. The number of benzene rings is 2. The predicted molar refractivity (Wildman–Crippen MR) is 113 cm³/mol. The fraction of sp³-hybridized carbons (Fsp3) is 0.478. The van der Waals surface area contributed by atoms with Gasteiger partial charge in [-0.15, -0.1) is 0 Å². The van der Waals surface area contributed by atoms with E-state index in [0.717, 1.165) is 51.6 Å². The van der Waals surface area contributed by atoms with Crippen molar-refractivity contribution in [2.24, 2.45) is 5.73 Å². The van der Waals surface area contributed by atoms with Crippen molar-refractivity contribution in [2.45, 2.75) is 51.2 Å². The molecular formula is C23H34N2O3. The van der Waals surface area contributed by atoms with Crippen LogP contribution in [0, 0.1) is 0 Å². The second-order valence-electron chi connectivity index (χ2n) is 7.29. The number of aromatic hydroxyl groups is 1.